The van der Waals surface area contributed by atoms with Gasteiger partial charge in [0.15, 0.2) is 5.69 Å². The molecule has 1 aromatic carbocycles. The fourth-order valence-corrected chi connectivity index (χ4v) is 2.55. The molecule has 0 aliphatic heterocycles. The van der Waals surface area contributed by atoms with Crippen LogP contribution in [0.1, 0.15) is 16.2 Å². The van der Waals surface area contributed by atoms with Gasteiger partial charge in [0.05, 0.1) is 17.7 Å². The molecule has 0 unspecified atom stereocenters. The lowest BCUT2D eigenvalue weighted by Gasteiger charge is -2.10. The van der Waals surface area contributed by atoms with Crippen LogP contribution in [0.3, 0.4) is 0 Å². The van der Waals surface area contributed by atoms with Crippen LogP contribution in [0.5, 0.6) is 0 Å². The van der Waals surface area contributed by atoms with Gasteiger partial charge in [-0.15, -0.1) is 10.2 Å². The van der Waals surface area contributed by atoms with Gasteiger partial charge >= 0.3 is 10.8 Å². The molecule has 2 aromatic heterocycles. The van der Waals surface area contributed by atoms with Crippen molar-refractivity contribution in [3.63, 3.8) is 0 Å². The van der Waals surface area contributed by atoms with Gasteiger partial charge in [0.1, 0.15) is 0 Å². The second kappa shape index (κ2) is 5.33. The van der Waals surface area contributed by atoms with Crippen LogP contribution in [0.4, 0.5) is 5.69 Å². The Labute approximate surface area is 122 Å². The fraction of sp³-hybridized carbons (Fsp3) is 0.0769. The zero-order valence-corrected chi connectivity index (χ0v) is 11.5. The van der Waals surface area contributed by atoms with Crippen LogP contribution in [-0.4, -0.2) is 26.3 Å². The molecule has 106 valence electrons. The molecule has 0 aliphatic carbocycles. The molecule has 0 aliphatic rings. The van der Waals surface area contributed by atoms with Crippen molar-refractivity contribution in [1.82, 2.24) is 15.2 Å². The Morgan fingerprint density at radius 1 is 1.33 bits per heavy atom. The van der Waals surface area contributed by atoms with Gasteiger partial charge in [-0.05, 0) is 6.07 Å². The zero-order valence-electron chi connectivity index (χ0n) is 10.7. The zero-order chi connectivity index (χ0) is 14.8. The Balaban J connectivity index is 2.03. The molecule has 0 amide bonds. The molecule has 21 heavy (non-hydrogen) atoms. The largest absolute Gasteiger partial charge is 0.476 e. The van der Waals surface area contributed by atoms with Crippen LogP contribution in [0.25, 0.3) is 10.9 Å². The first-order valence-corrected chi connectivity index (χ1v) is 6.92. The molecule has 3 aromatic rings. The molecule has 3 rings (SSSR count). The maximum atomic E-state index is 11.3. The molecule has 0 saturated heterocycles. The third kappa shape index (κ3) is 2.61. The number of rotatable bonds is 4. The summed E-state index contributed by atoms with van der Waals surface area (Å²) in [7, 11) is 0. The molecule has 0 radical (unpaired) electrons. The molecular weight excluding hydrogens is 292 g/mol. The number of benzene rings is 1. The smallest absolute Gasteiger partial charge is 0.358 e. The van der Waals surface area contributed by atoms with Gasteiger partial charge in [-0.1, -0.05) is 29.5 Å². The minimum Gasteiger partial charge on any atom is -0.476 e. The Kier molecular flexibility index (Phi) is 3.36. The number of nitrogens with zero attached hydrogens (tertiary/aromatic N) is 2. The standard InChI is InChI=1S/C13H10N4O3S/c18-12(19)11-10(14-5-7-6-21-13(20)15-7)8-3-1-2-4-9(8)16-17-11/h1-4,6H,5H2,(H,14,16)(H,15,20)(H,18,19). The topological polar surface area (TPSA) is 108 Å². The van der Waals surface area contributed by atoms with E-state index in [-0.39, 0.29) is 10.6 Å². The predicted molar refractivity (Wildman–Crippen MR) is 78.8 cm³/mol. The summed E-state index contributed by atoms with van der Waals surface area (Å²) >= 11 is 1.06. The van der Waals surface area contributed by atoms with Crippen LogP contribution < -0.4 is 10.2 Å². The number of carbonyl (C=O) groups is 1. The van der Waals surface area contributed by atoms with E-state index in [4.69, 9.17) is 0 Å². The molecular formula is C13H10N4O3S. The fourth-order valence-electron chi connectivity index (χ4n) is 1.97. The summed E-state index contributed by atoms with van der Waals surface area (Å²) in [4.78, 5) is 24.9. The lowest BCUT2D eigenvalue weighted by atomic mass is 10.1. The van der Waals surface area contributed by atoms with Gasteiger partial charge in [-0.25, -0.2) is 4.79 Å². The summed E-state index contributed by atoms with van der Waals surface area (Å²) in [6.07, 6.45) is 0. The first-order valence-electron chi connectivity index (χ1n) is 6.04. The van der Waals surface area contributed by atoms with Gasteiger partial charge in [-0.3, -0.25) is 4.79 Å². The highest BCUT2D eigenvalue weighted by atomic mass is 32.1. The van der Waals surface area contributed by atoms with Crippen molar-refractivity contribution in [1.29, 1.82) is 0 Å². The Hall–Kier alpha value is -2.74. The second-order valence-electron chi connectivity index (χ2n) is 4.27. The monoisotopic (exact) mass is 302 g/mol. The third-order valence-corrected chi connectivity index (χ3v) is 3.62. The third-order valence-electron chi connectivity index (χ3n) is 2.90. The lowest BCUT2D eigenvalue weighted by molar-refractivity contribution is 0.0690. The maximum Gasteiger partial charge on any atom is 0.358 e. The number of carboxylic acids is 1. The number of nitrogens with one attached hydrogen (secondary N) is 2. The molecule has 3 N–H and O–H groups in total. The van der Waals surface area contributed by atoms with Crippen LogP contribution in [0, 0.1) is 0 Å². The van der Waals surface area contributed by atoms with E-state index in [1.165, 1.54) is 0 Å². The van der Waals surface area contributed by atoms with E-state index in [1.54, 1.807) is 29.6 Å². The SMILES string of the molecule is O=C(O)c1nnc2ccccc2c1NCc1csc(=O)[nH]1. The lowest BCUT2D eigenvalue weighted by Crippen LogP contribution is -2.11. The van der Waals surface area contributed by atoms with Gasteiger partial charge in [0.2, 0.25) is 0 Å². The van der Waals surface area contributed by atoms with Gasteiger partial charge in [0, 0.05) is 16.5 Å². The van der Waals surface area contributed by atoms with E-state index >= 15 is 0 Å². The number of hydrogen-bond acceptors (Lipinski definition) is 6. The number of aromatic amines is 1. The van der Waals surface area contributed by atoms with E-state index in [9.17, 15) is 14.7 Å². The van der Waals surface area contributed by atoms with E-state index in [1.807, 2.05) is 0 Å². The highest BCUT2D eigenvalue weighted by Crippen LogP contribution is 2.24. The van der Waals surface area contributed by atoms with Gasteiger partial charge < -0.3 is 15.4 Å². The van der Waals surface area contributed by atoms with Crippen LogP contribution >= 0.6 is 11.3 Å². The Bertz CT molecular complexity index is 871. The first-order chi connectivity index (χ1) is 10.1. The quantitative estimate of drug-likeness (QED) is 0.677. The molecule has 0 fully saturated rings. The van der Waals surface area contributed by atoms with Gasteiger partial charge in [0.25, 0.3) is 0 Å². The van der Waals surface area contributed by atoms with Crippen molar-refractivity contribution in [2.45, 2.75) is 6.54 Å². The first kappa shape index (κ1) is 13.3. The average Bonchev–Trinajstić information content (AvgIpc) is 2.90. The summed E-state index contributed by atoms with van der Waals surface area (Å²) in [5.41, 5.74) is 1.53. The number of carboxylic acid groups (broad SMARTS) is 1. The maximum absolute atomic E-state index is 11.3. The van der Waals surface area contributed by atoms with Crippen LogP contribution in [0.15, 0.2) is 34.4 Å². The second-order valence-corrected chi connectivity index (χ2v) is 5.12. The molecule has 8 heteroatoms. The molecule has 0 bridgehead atoms. The Morgan fingerprint density at radius 3 is 2.86 bits per heavy atom. The van der Waals surface area contributed by atoms with Crippen molar-refractivity contribution >= 4 is 33.9 Å². The van der Waals surface area contributed by atoms with Crippen molar-refractivity contribution in [3.05, 3.63) is 50.7 Å². The molecule has 2 heterocycles. The number of hydrogen-bond donors (Lipinski definition) is 3. The van der Waals surface area contributed by atoms with E-state index in [0.717, 1.165) is 11.3 Å². The van der Waals surface area contributed by atoms with Crippen molar-refractivity contribution in [2.75, 3.05) is 5.32 Å². The summed E-state index contributed by atoms with van der Waals surface area (Å²) < 4.78 is 0. The van der Waals surface area contributed by atoms with Crippen LogP contribution in [0.2, 0.25) is 0 Å². The number of H-pyrrole nitrogens is 1. The summed E-state index contributed by atoms with van der Waals surface area (Å²) in [5, 5.41) is 22.2. The van der Waals surface area contributed by atoms with Crippen molar-refractivity contribution in [2.24, 2.45) is 0 Å². The number of fused-ring (bicyclic) bond motifs is 1. The van der Waals surface area contributed by atoms with Crippen LogP contribution in [-0.2, 0) is 6.54 Å². The summed E-state index contributed by atoms with van der Waals surface area (Å²) in [5.74, 6) is -1.16. The highest BCUT2D eigenvalue weighted by Gasteiger charge is 2.16. The predicted octanol–water partition coefficient (Wildman–Crippen LogP) is 1.69. The number of aromatic carboxylic acids is 1. The minimum absolute atomic E-state index is 0.147. The van der Waals surface area contributed by atoms with E-state index < -0.39 is 5.97 Å². The number of thiazole rings is 1. The molecule has 0 atom stereocenters. The van der Waals surface area contributed by atoms with Gasteiger partial charge in [-0.2, -0.15) is 0 Å². The summed E-state index contributed by atoms with van der Waals surface area (Å²) in [6.45, 7) is 0.300. The molecule has 0 spiro atoms. The molecule has 7 nitrogen and oxygen atoms in total. The highest BCUT2D eigenvalue weighted by molar-refractivity contribution is 7.07. The van der Waals surface area contributed by atoms with E-state index in [2.05, 4.69) is 20.5 Å². The summed E-state index contributed by atoms with van der Waals surface area (Å²) in [6, 6.07) is 7.13. The Morgan fingerprint density at radius 2 is 2.14 bits per heavy atom. The van der Waals surface area contributed by atoms with E-state index in [0.29, 0.717) is 28.8 Å². The molecule has 0 saturated carbocycles. The number of aromatic nitrogens is 3. The van der Waals surface area contributed by atoms with Crippen molar-refractivity contribution in [3.8, 4) is 0 Å². The average molecular weight is 302 g/mol. The van der Waals surface area contributed by atoms with Crippen molar-refractivity contribution < 1.29 is 9.90 Å². The number of anilines is 1. The minimum atomic E-state index is -1.16. The normalized spacial score (nSPS) is 10.7.